The van der Waals surface area contributed by atoms with Crippen LogP contribution in [0.4, 0.5) is 0 Å². The van der Waals surface area contributed by atoms with E-state index >= 15 is 0 Å². The summed E-state index contributed by atoms with van der Waals surface area (Å²) in [7, 11) is 3.50. The van der Waals surface area contributed by atoms with Gasteiger partial charge in [0.15, 0.2) is 5.96 Å². The lowest BCUT2D eigenvalue weighted by Gasteiger charge is -2.22. The molecule has 28 heavy (non-hydrogen) atoms. The number of halogens is 1. The minimum Gasteiger partial charge on any atom is -0.386 e. The molecule has 0 radical (unpaired) electrons. The van der Waals surface area contributed by atoms with Gasteiger partial charge in [-0.25, -0.2) is 0 Å². The number of nitrogens with one attached hydrogen (secondary N) is 2. The molecule has 156 valence electrons. The van der Waals surface area contributed by atoms with Crippen LogP contribution in [0.3, 0.4) is 0 Å². The quantitative estimate of drug-likeness (QED) is 0.257. The number of thiophene rings is 1. The Balaban J connectivity index is 0.00000280. The number of ether oxygens (including phenoxy) is 1. The van der Waals surface area contributed by atoms with Crippen LogP contribution < -0.4 is 10.6 Å². The molecule has 3 rings (SSSR count). The lowest BCUT2D eigenvalue weighted by atomic mass is 10.2. The summed E-state index contributed by atoms with van der Waals surface area (Å²) in [5.74, 6) is 0.720. The van der Waals surface area contributed by atoms with Crippen molar-refractivity contribution in [3.8, 4) is 0 Å². The predicted molar refractivity (Wildman–Crippen MR) is 128 cm³/mol. The maximum absolute atomic E-state index is 10.5. The molecule has 0 amide bonds. The van der Waals surface area contributed by atoms with Gasteiger partial charge in [0, 0.05) is 56.0 Å². The third-order valence-corrected chi connectivity index (χ3v) is 6.01. The zero-order chi connectivity index (χ0) is 19.1. The Morgan fingerprint density at radius 1 is 1.32 bits per heavy atom. The fraction of sp³-hybridized carbons (Fsp3) is 0.550. The molecule has 1 aliphatic carbocycles. The van der Waals surface area contributed by atoms with E-state index in [1.165, 1.54) is 22.9 Å². The van der Waals surface area contributed by atoms with E-state index in [9.17, 15) is 5.11 Å². The highest BCUT2D eigenvalue weighted by Crippen LogP contribution is 2.29. The Labute approximate surface area is 188 Å². The highest BCUT2D eigenvalue weighted by molar-refractivity contribution is 14.0. The lowest BCUT2D eigenvalue weighted by molar-refractivity contribution is 0.144. The SMILES string of the molecule is CN=C(NCCN(CCOC)C1CC1)NCC(O)c1cc2ccccc2s1.I. The second kappa shape index (κ2) is 11.9. The fourth-order valence-electron chi connectivity index (χ4n) is 3.12. The number of fused-ring (bicyclic) bond motifs is 1. The topological polar surface area (TPSA) is 69.1 Å². The van der Waals surface area contributed by atoms with Crippen molar-refractivity contribution in [3.05, 3.63) is 35.2 Å². The van der Waals surface area contributed by atoms with Crippen LogP contribution in [0.25, 0.3) is 10.1 Å². The molecule has 3 N–H and O–H groups in total. The number of hydrogen-bond donors (Lipinski definition) is 3. The molecule has 1 aliphatic rings. The van der Waals surface area contributed by atoms with Gasteiger partial charge in [-0.15, -0.1) is 35.3 Å². The van der Waals surface area contributed by atoms with Crippen molar-refractivity contribution >= 4 is 51.4 Å². The molecule has 1 aromatic carbocycles. The number of nitrogens with zero attached hydrogens (tertiary/aromatic N) is 2. The molecule has 8 heteroatoms. The molecule has 6 nitrogen and oxygen atoms in total. The van der Waals surface area contributed by atoms with E-state index in [-0.39, 0.29) is 24.0 Å². The number of hydrogen-bond acceptors (Lipinski definition) is 5. The first-order valence-electron chi connectivity index (χ1n) is 9.55. The van der Waals surface area contributed by atoms with Gasteiger partial charge in [-0.05, 0) is 30.4 Å². The first kappa shape index (κ1) is 23.3. The van der Waals surface area contributed by atoms with Crippen molar-refractivity contribution in [2.75, 3.05) is 46.9 Å². The number of aliphatic hydroxyl groups is 1. The van der Waals surface area contributed by atoms with E-state index in [1.807, 2.05) is 12.1 Å². The first-order valence-corrected chi connectivity index (χ1v) is 10.4. The van der Waals surface area contributed by atoms with Gasteiger partial charge in [-0.3, -0.25) is 9.89 Å². The summed E-state index contributed by atoms with van der Waals surface area (Å²) < 4.78 is 6.40. The summed E-state index contributed by atoms with van der Waals surface area (Å²) in [5, 5.41) is 18.2. The van der Waals surface area contributed by atoms with Gasteiger partial charge in [0.2, 0.25) is 0 Å². The summed E-state index contributed by atoms with van der Waals surface area (Å²) in [6, 6.07) is 11.0. The standard InChI is InChI=1S/C20H30N4O2S.HI/c1-21-20(22-9-10-24(11-12-26-2)16-7-8-16)23-14-17(25)19-13-15-5-3-4-6-18(15)27-19;/h3-6,13,16-17,25H,7-12,14H2,1-2H3,(H2,21,22,23);1H. The zero-order valence-corrected chi connectivity index (χ0v) is 19.7. The molecule has 1 fully saturated rings. The number of methoxy groups -OCH3 is 1. The number of benzene rings is 1. The molecular weight excluding hydrogens is 487 g/mol. The molecule has 2 aromatic rings. The largest absolute Gasteiger partial charge is 0.386 e. The fourth-order valence-corrected chi connectivity index (χ4v) is 4.17. The van der Waals surface area contributed by atoms with Crippen LogP contribution in [-0.4, -0.2) is 69.0 Å². The maximum Gasteiger partial charge on any atom is 0.191 e. The first-order chi connectivity index (χ1) is 13.2. The Morgan fingerprint density at radius 2 is 2.11 bits per heavy atom. The molecule has 1 unspecified atom stereocenters. The highest BCUT2D eigenvalue weighted by atomic mass is 127. The third-order valence-electron chi connectivity index (χ3n) is 4.80. The van der Waals surface area contributed by atoms with Crippen LogP contribution in [0, 0.1) is 0 Å². The lowest BCUT2D eigenvalue weighted by Crippen LogP contribution is -2.43. The second-order valence-corrected chi connectivity index (χ2v) is 7.96. The van der Waals surface area contributed by atoms with Crippen LogP contribution in [-0.2, 0) is 4.74 Å². The number of aliphatic imine (C=N–C) groups is 1. The number of guanidine groups is 1. The van der Waals surface area contributed by atoms with Gasteiger partial charge in [-0.1, -0.05) is 18.2 Å². The Hall–Kier alpha value is -0.940. The van der Waals surface area contributed by atoms with E-state index in [1.54, 1.807) is 25.5 Å². The van der Waals surface area contributed by atoms with E-state index in [4.69, 9.17) is 4.74 Å². The van der Waals surface area contributed by atoms with Crippen molar-refractivity contribution in [2.24, 2.45) is 4.99 Å². The molecular formula is C20H31IN4O2S. The summed E-state index contributed by atoms with van der Waals surface area (Å²) in [6.45, 7) is 3.96. The van der Waals surface area contributed by atoms with Gasteiger partial charge in [-0.2, -0.15) is 0 Å². The normalized spacial score (nSPS) is 15.5. The molecule has 1 aromatic heterocycles. The van der Waals surface area contributed by atoms with E-state index in [0.717, 1.165) is 37.1 Å². The predicted octanol–water partition coefficient (Wildman–Crippen LogP) is 2.83. The number of aliphatic hydroxyl groups excluding tert-OH is 1. The van der Waals surface area contributed by atoms with E-state index in [0.29, 0.717) is 12.6 Å². The van der Waals surface area contributed by atoms with Gasteiger partial charge in [0.25, 0.3) is 0 Å². The van der Waals surface area contributed by atoms with Crippen molar-refractivity contribution in [1.82, 2.24) is 15.5 Å². The molecule has 0 spiro atoms. The van der Waals surface area contributed by atoms with Crippen LogP contribution in [0.2, 0.25) is 0 Å². The van der Waals surface area contributed by atoms with E-state index < -0.39 is 6.10 Å². The van der Waals surface area contributed by atoms with Crippen molar-refractivity contribution in [1.29, 1.82) is 0 Å². The van der Waals surface area contributed by atoms with Crippen LogP contribution in [0.5, 0.6) is 0 Å². The number of rotatable bonds is 10. The molecule has 1 heterocycles. The molecule has 1 saturated carbocycles. The monoisotopic (exact) mass is 518 g/mol. The van der Waals surface area contributed by atoms with Gasteiger partial charge < -0.3 is 20.5 Å². The van der Waals surface area contributed by atoms with Crippen LogP contribution in [0.15, 0.2) is 35.3 Å². The maximum atomic E-state index is 10.5. The molecule has 0 aliphatic heterocycles. The average molecular weight is 518 g/mol. The second-order valence-electron chi connectivity index (χ2n) is 6.84. The van der Waals surface area contributed by atoms with Gasteiger partial charge in [0.1, 0.15) is 6.10 Å². The zero-order valence-electron chi connectivity index (χ0n) is 16.6. The van der Waals surface area contributed by atoms with Crippen LogP contribution in [0.1, 0.15) is 23.8 Å². The molecule has 0 saturated heterocycles. The van der Waals surface area contributed by atoms with Crippen molar-refractivity contribution in [2.45, 2.75) is 25.0 Å². The Bertz CT molecular complexity index is 718. The average Bonchev–Trinajstić information content (AvgIpc) is 3.44. The summed E-state index contributed by atoms with van der Waals surface area (Å²) in [5.41, 5.74) is 0. The minimum absolute atomic E-state index is 0. The van der Waals surface area contributed by atoms with E-state index in [2.05, 4.69) is 38.7 Å². The minimum atomic E-state index is -0.550. The smallest absolute Gasteiger partial charge is 0.191 e. The van der Waals surface area contributed by atoms with Crippen molar-refractivity contribution in [3.63, 3.8) is 0 Å². The molecule has 0 bridgehead atoms. The van der Waals surface area contributed by atoms with Crippen LogP contribution >= 0.6 is 35.3 Å². The summed E-state index contributed by atoms with van der Waals surface area (Å²) in [4.78, 5) is 7.70. The highest BCUT2D eigenvalue weighted by Gasteiger charge is 2.28. The Morgan fingerprint density at radius 3 is 2.79 bits per heavy atom. The summed E-state index contributed by atoms with van der Waals surface area (Å²) in [6.07, 6.45) is 2.03. The summed E-state index contributed by atoms with van der Waals surface area (Å²) >= 11 is 1.64. The Kier molecular flexibility index (Phi) is 9.93. The van der Waals surface area contributed by atoms with Gasteiger partial charge >= 0.3 is 0 Å². The third kappa shape index (κ3) is 6.84. The molecule has 1 atom stereocenters. The van der Waals surface area contributed by atoms with Crippen molar-refractivity contribution < 1.29 is 9.84 Å². The van der Waals surface area contributed by atoms with Gasteiger partial charge in [0.05, 0.1) is 6.61 Å².